The second kappa shape index (κ2) is 2.30. The molecule has 3 heteroatoms. The van der Waals surface area contributed by atoms with E-state index in [4.69, 9.17) is 0 Å². The Labute approximate surface area is 69.4 Å². The Hall–Kier alpha value is -1.38. The van der Waals surface area contributed by atoms with E-state index < -0.39 is 0 Å². The fraction of sp³-hybridized carbons (Fsp3) is 0.222. The number of carbonyl (C=O) groups excluding carboxylic acids is 1. The summed E-state index contributed by atoms with van der Waals surface area (Å²) in [4.78, 5) is 11.1. The molecule has 0 fully saturated rings. The van der Waals surface area contributed by atoms with Crippen LogP contribution in [0.25, 0.3) is 0 Å². The van der Waals surface area contributed by atoms with Gasteiger partial charge in [-0.2, -0.15) is 0 Å². The zero-order valence-electron chi connectivity index (χ0n) is 6.60. The summed E-state index contributed by atoms with van der Waals surface area (Å²) < 4.78 is 12.7. The molecule has 1 aromatic rings. The van der Waals surface area contributed by atoms with Crippen molar-refractivity contribution < 1.29 is 9.18 Å². The van der Waals surface area contributed by atoms with Crippen LogP contribution in [-0.2, 0) is 4.79 Å². The van der Waals surface area contributed by atoms with Crippen molar-refractivity contribution in [3.8, 4) is 0 Å². The third-order valence-electron chi connectivity index (χ3n) is 2.13. The highest BCUT2D eigenvalue weighted by Crippen LogP contribution is 2.31. The first-order valence-corrected chi connectivity index (χ1v) is 3.79. The van der Waals surface area contributed by atoms with E-state index in [1.54, 1.807) is 13.0 Å². The molecule has 2 nitrogen and oxygen atoms in total. The van der Waals surface area contributed by atoms with Gasteiger partial charge in [-0.05, 0) is 30.7 Å². The van der Waals surface area contributed by atoms with Gasteiger partial charge >= 0.3 is 0 Å². The average Bonchev–Trinajstić information content (AvgIpc) is 2.31. The van der Waals surface area contributed by atoms with Crippen molar-refractivity contribution in [2.75, 3.05) is 5.32 Å². The predicted octanol–water partition coefficient (Wildman–Crippen LogP) is 1.88. The van der Waals surface area contributed by atoms with Crippen molar-refractivity contribution in [1.82, 2.24) is 0 Å². The lowest BCUT2D eigenvalue weighted by Gasteiger charge is -1.99. The van der Waals surface area contributed by atoms with Gasteiger partial charge in [0.1, 0.15) is 5.82 Å². The number of hydrogen-bond donors (Lipinski definition) is 1. The van der Waals surface area contributed by atoms with Crippen LogP contribution in [0.2, 0.25) is 0 Å². The molecule has 0 aromatic heterocycles. The van der Waals surface area contributed by atoms with Crippen molar-refractivity contribution in [3.63, 3.8) is 0 Å². The summed E-state index contributed by atoms with van der Waals surface area (Å²) in [6, 6.07) is 4.33. The van der Waals surface area contributed by atoms with Gasteiger partial charge < -0.3 is 5.32 Å². The number of halogens is 1. The molecule has 2 rings (SSSR count). The van der Waals surface area contributed by atoms with Crippen LogP contribution in [0.15, 0.2) is 18.2 Å². The average molecular weight is 165 g/mol. The molecule has 1 aliphatic heterocycles. The first kappa shape index (κ1) is 7.28. The van der Waals surface area contributed by atoms with E-state index in [1.807, 2.05) is 0 Å². The normalized spacial score (nSPS) is 20.5. The monoisotopic (exact) mass is 165 g/mol. The van der Waals surface area contributed by atoms with Crippen molar-refractivity contribution in [3.05, 3.63) is 29.6 Å². The second-order valence-corrected chi connectivity index (χ2v) is 2.94. The Morgan fingerprint density at radius 2 is 2.25 bits per heavy atom. The van der Waals surface area contributed by atoms with E-state index >= 15 is 0 Å². The van der Waals surface area contributed by atoms with Crippen molar-refractivity contribution >= 4 is 11.6 Å². The minimum atomic E-state index is -0.294. The maximum Gasteiger partial charge on any atom is 0.231 e. The number of carbonyl (C=O) groups is 1. The number of fused-ring (bicyclic) bond motifs is 1. The fourth-order valence-corrected chi connectivity index (χ4v) is 1.39. The van der Waals surface area contributed by atoms with Gasteiger partial charge in [0.2, 0.25) is 5.91 Å². The third kappa shape index (κ3) is 0.897. The predicted molar refractivity (Wildman–Crippen MR) is 43.4 cm³/mol. The highest BCUT2D eigenvalue weighted by molar-refractivity contribution is 6.02. The number of hydrogen-bond acceptors (Lipinski definition) is 1. The molecule has 0 radical (unpaired) electrons. The molecule has 0 bridgehead atoms. The van der Waals surface area contributed by atoms with E-state index in [0.717, 1.165) is 11.3 Å². The minimum absolute atomic E-state index is 0.0596. The molecular weight excluding hydrogens is 157 g/mol. The fourth-order valence-electron chi connectivity index (χ4n) is 1.39. The first-order chi connectivity index (χ1) is 5.68. The number of amides is 1. The highest BCUT2D eigenvalue weighted by atomic mass is 19.1. The molecule has 0 saturated carbocycles. The van der Waals surface area contributed by atoms with E-state index in [1.165, 1.54) is 12.1 Å². The van der Waals surface area contributed by atoms with Crippen LogP contribution in [0.3, 0.4) is 0 Å². The molecule has 1 amide bonds. The summed E-state index contributed by atoms with van der Waals surface area (Å²) in [5.41, 5.74) is 1.48. The van der Waals surface area contributed by atoms with Crippen molar-refractivity contribution in [2.45, 2.75) is 12.8 Å². The molecule has 1 heterocycles. The van der Waals surface area contributed by atoms with Crippen LogP contribution in [0.1, 0.15) is 18.4 Å². The quantitative estimate of drug-likeness (QED) is 0.624. The Kier molecular flexibility index (Phi) is 1.40. The van der Waals surface area contributed by atoms with E-state index in [2.05, 4.69) is 5.32 Å². The van der Waals surface area contributed by atoms with Crippen LogP contribution >= 0.6 is 0 Å². The highest BCUT2D eigenvalue weighted by Gasteiger charge is 2.26. The van der Waals surface area contributed by atoms with Crippen molar-refractivity contribution in [1.29, 1.82) is 0 Å². The van der Waals surface area contributed by atoms with Gasteiger partial charge in [-0.3, -0.25) is 4.79 Å². The molecule has 1 N–H and O–H groups in total. The Balaban J connectivity index is 2.55. The molecule has 1 aliphatic rings. The summed E-state index contributed by atoms with van der Waals surface area (Å²) in [6.07, 6.45) is 0. The lowest BCUT2D eigenvalue weighted by Crippen LogP contribution is -2.08. The van der Waals surface area contributed by atoms with E-state index in [-0.39, 0.29) is 17.6 Å². The van der Waals surface area contributed by atoms with Crippen LogP contribution < -0.4 is 5.32 Å². The largest absolute Gasteiger partial charge is 0.325 e. The molecule has 0 spiro atoms. The van der Waals surface area contributed by atoms with Crippen LogP contribution in [-0.4, -0.2) is 5.91 Å². The van der Waals surface area contributed by atoms with Crippen LogP contribution in [0, 0.1) is 5.82 Å². The summed E-state index contributed by atoms with van der Waals surface area (Å²) >= 11 is 0. The maximum absolute atomic E-state index is 12.7. The van der Waals surface area contributed by atoms with Gasteiger partial charge in [0.25, 0.3) is 0 Å². The Morgan fingerprint density at radius 3 is 3.00 bits per heavy atom. The van der Waals surface area contributed by atoms with Crippen LogP contribution in [0.5, 0.6) is 0 Å². The molecule has 1 atom stereocenters. The molecule has 62 valence electrons. The van der Waals surface area contributed by atoms with Gasteiger partial charge in [0, 0.05) is 5.69 Å². The lowest BCUT2D eigenvalue weighted by atomic mass is 10.0. The van der Waals surface area contributed by atoms with Gasteiger partial charge in [0.05, 0.1) is 5.92 Å². The van der Waals surface area contributed by atoms with Crippen molar-refractivity contribution in [2.24, 2.45) is 0 Å². The van der Waals surface area contributed by atoms with Gasteiger partial charge in [-0.25, -0.2) is 4.39 Å². The molecule has 12 heavy (non-hydrogen) atoms. The lowest BCUT2D eigenvalue weighted by molar-refractivity contribution is -0.116. The Morgan fingerprint density at radius 1 is 1.50 bits per heavy atom. The SMILES string of the molecule is CC1C(=O)Nc2ccc(F)cc21. The number of anilines is 1. The van der Waals surface area contributed by atoms with E-state index in [9.17, 15) is 9.18 Å². The molecular formula is C9H8FNO. The molecule has 1 aromatic carbocycles. The van der Waals surface area contributed by atoms with Gasteiger partial charge in [-0.1, -0.05) is 0 Å². The molecule has 1 unspecified atom stereocenters. The third-order valence-corrected chi connectivity index (χ3v) is 2.13. The standard InChI is InChI=1S/C9H8FNO/c1-5-7-4-6(10)2-3-8(7)11-9(5)12/h2-5H,1H3,(H,11,12). The number of rotatable bonds is 0. The Bertz CT molecular complexity index is 348. The van der Waals surface area contributed by atoms with Crippen LogP contribution in [0.4, 0.5) is 10.1 Å². The first-order valence-electron chi connectivity index (χ1n) is 3.79. The maximum atomic E-state index is 12.7. The second-order valence-electron chi connectivity index (χ2n) is 2.94. The number of nitrogens with one attached hydrogen (secondary N) is 1. The summed E-state index contributed by atoms with van der Waals surface area (Å²) in [6.45, 7) is 1.76. The smallest absolute Gasteiger partial charge is 0.231 e. The van der Waals surface area contributed by atoms with E-state index in [0.29, 0.717) is 0 Å². The molecule has 0 aliphatic carbocycles. The van der Waals surface area contributed by atoms with Gasteiger partial charge in [0.15, 0.2) is 0 Å². The topological polar surface area (TPSA) is 29.1 Å². The summed E-state index contributed by atoms with van der Waals surface area (Å²) in [5, 5.41) is 2.67. The van der Waals surface area contributed by atoms with Gasteiger partial charge in [-0.15, -0.1) is 0 Å². The zero-order chi connectivity index (χ0) is 8.72. The minimum Gasteiger partial charge on any atom is -0.325 e. The summed E-state index contributed by atoms with van der Waals surface area (Å²) in [5.74, 6) is -0.580. The number of benzene rings is 1. The zero-order valence-corrected chi connectivity index (χ0v) is 6.60. The molecule has 0 saturated heterocycles. The summed E-state index contributed by atoms with van der Waals surface area (Å²) in [7, 11) is 0.